The summed E-state index contributed by atoms with van der Waals surface area (Å²) in [7, 11) is -3.56. The van der Waals surface area contributed by atoms with Gasteiger partial charge in [-0.25, -0.2) is 13.1 Å². The van der Waals surface area contributed by atoms with E-state index in [9.17, 15) is 13.2 Å². The zero-order chi connectivity index (χ0) is 14.0. The fourth-order valence-corrected chi connectivity index (χ4v) is 2.32. The Kier molecular flexibility index (Phi) is 4.34. The van der Waals surface area contributed by atoms with Crippen molar-refractivity contribution in [3.63, 3.8) is 0 Å². The quantitative estimate of drug-likeness (QED) is 0.849. The van der Waals surface area contributed by atoms with Gasteiger partial charge in [0.05, 0.1) is 4.90 Å². The number of aromatic amines is 1. The first-order valence-electron chi connectivity index (χ1n) is 5.83. The van der Waals surface area contributed by atoms with Crippen molar-refractivity contribution in [1.82, 2.24) is 9.71 Å². The van der Waals surface area contributed by atoms with Gasteiger partial charge < -0.3 is 4.98 Å². The highest BCUT2D eigenvalue weighted by molar-refractivity contribution is 7.89. The second-order valence-electron chi connectivity index (χ2n) is 5.36. The molecule has 0 aromatic carbocycles. The maximum absolute atomic E-state index is 12.0. The second-order valence-corrected chi connectivity index (χ2v) is 7.12. The summed E-state index contributed by atoms with van der Waals surface area (Å²) in [5.41, 5.74) is -0.452. The average Bonchev–Trinajstić information content (AvgIpc) is 2.27. The largest absolute Gasteiger partial charge is 0.328 e. The van der Waals surface area contributed by atoms with E-state index in [2.05, 4.69) is 9.71 Å². The van der Waals surface area contributed by atoms with Crippen LogP contribution < -0.4 is 10.3 Å². The molecule has 1 aromatic heterocycles. The molecule has 102 valence electrons. The first-order valence-corrected chi connectivity index (χ1v) is 7.32. The van der Waals surface area contributed by atoms with E-state index in [-0.39, 0.29) is 15.9 Å². The Balaban J connectivity index is 2.84. The van der Waals surface area contributed by atoms with Gasteiger partial charge >= 0.3 is 0 Å². The van der Waals surface area contributed by atoms with Crippen molar-refractivity contribution in [2.75, 3.05) is 6.54 Å². The van der Waals surface area contributed by atoms with Crippen molar-refractivity contribution in [2.45, 2.75) is 32.6 Å². The fraction of sp³-hybridized carbons (Fsp3) is 0.583. The van der Waals surface area contributed by atoms with Gasteiger partial charge in [0.25, 0.3) is 0 Å². The fourth-order valence-electron chi connectivity index (χ4n) is 1.13. The lowest BCUT2D eigenvalue weighted by Crippen LogP contribution is -2.37. The zero-order valence-corrected chi connectivity index (χ0v) is 12.0. The third-order valence-electron chi connectivity index (χ3n) is 3.35. The van der Waals surface area contributed by atoms with Gasteiger partial charge in [0.15, 0.2) is 0 Å². The number of nitrogens with one attached hydrogen (secondary N) is 2. The van der Waals surface area contributed by atoms with E-state index in [1.54, 1.807) is 0 Å². The molecule has 0 bridgehead atoms. The van der Waals surface area contributed by atoms with E-state index < -0.39 is 10.0 Å². The molecule has 1 rings (SSSR count). The Morgan fingerprint density at radius 1 is 1.33 bits per heavy atom. The maximum Gasteiger partial charge on any atom is 0.247 e. The highest BCUT2D eigenvalue weighted by Crippen LogP contribution is 2.25. The van der Waals surface area contributed by atoms with Crippen molar-refractivity contribution in [3.05, 3.63) is 28.7 Å². The number of rotatable bonds is 5. The van der Waals surface area contributed by atoms with Gasteiger partial charge in [-0.15, -0.1) is 0 Å². The van der Waals surface area contributed by atoms with Gasteiger partial charge in [0, 0.05) is 18.8 Å². The van der Waals surface area contributed by atoms with Crippen LogP contribution in [-0.4, -0.2) is 19.9 Å². The summed E-state index contributed by atoms with van der Waals surface area (Å²) in [4.78, 5) is 13.3. The minimum absolute atomic E-state index is 0.0710. The SMILES string of the molecule is CC(C)C(C)(C)CNS(=O)(=O)c1ccc(=O)[nH]c1. The second kappa shape index (κ2) is 5.24. The topological polar surface area (TPSA) is 79.0 Å². The summed E-state index contributed by atoms with van der Waals surface area (Å²) in [6.45, 7) is 8.47. The summed E-state index contributed by atoms with van der Waals surface area (Å²) in [6, 6.07) is 2.49. The molecular formula is C12H20N2O3S. The summed E-state index contributed by atoms with van der Waals surface area (Å²) >= 11 is 0. The van der Waals surface area contributed by atoms with Gasteiger partial charge in [0.1, 0.15) is 0 Å². The number of pyridine rings is 1. The normalized spacial score (nSPS) is 12.9. The molecule has 0 unspecified atom stereocenters. The Morgan fingerprint density at radius 2 is 1.94 bits per heavy atom. The van der Waals surface area contributed by atoms with Crippen LogP contribution in [0.2, 0.25) is 0 Å². The van der Waals surface area contributed by atoms with Crippen molar-refractivity contribution in [2.24, 2.45) is 11.3 Å². The van der Waals surface area contributed by atoms with Gasteiger partial charge in [0.2, 0.25) is 15.6 Å². The first-order chi connectivity index (χ1) is 8.15. The Hall–Kier alpha value is -1.14. The zero-order valence-electron chi connectivity index (χ0n) is 11.1. The van der Waals surface area contributed by atoms with Crippen molar-refractivity contribution >= 4 is 10.0 Å². The van der Waals surface area contributed by atoms with E-state index in [0.717, 1.165) is 0 Å². The van der Waals surface area contributed by atoms with E-state index in [1.807, 2.05) is 27.7 Å². The summed E-state index contributed by atoms with van der Waals surface area (Å²) in [5.74, 6) is 0.357. The van der Waals surface area contributed by atoms with Crippen LogP contribution >= 0.6 is 0 Å². The molecule has 0 saturated carbocycles. The lowest BCUT2D eigenvalue weighted by molar-refractivity contribution is 0.252. The standard InChI is InChI=1S/C12H20N2O3S/c1-9(2)12(3,4)8-14-18(16,17)10-5-6-11(15)13-7-10/h5-7,9,14H,8H2,1-4H3,(H,13,15). The number of sulfonamides is 1. The predicted octanol–water partition coefficient (Wildman–Crippen LogP) is 1.34. The van der Waals surface area contributed by atoms with Crippen LogP contribution in [0.15, 0.2) is 28.0 Å². The molecule has 0 fully saturated rings. The van der Waals surface area contributed by atoms with Gasteiger partial charge in [-0.05, 0) is 17.4 Å². The molecule has 1 heterocycles. The highest BCUT2D eigenvalue weighted by Gasteiger charge is 2.25. The lowest BCUT2D eigenvalue weighted by Gasteiger charge is -2.29. The number of aromatic nitrogens is 1. The van der Waals surface area contributed by atoms with Crippen LogP contribution in [0.4, 0.5) is 0 Å². The minimum atomic E-state index is -3.56. The third-order valence-corrected chi connectivity index (χ3v) is 4.75. The van der Waals surface area contributed by atoms with Crippen LogP contribution in [0.1, 0.15) is 27.7 Å². The predicted molar refractivity (Wildman–Crippen MR) is 70.9 cm³/mol. The smallest absolute Gasteiger partial charge is 0.247 e. The Labute approximate surface area is 108 Å². The van der Waals surface area contributed by atoms with Crippen LogP contribution in [0.25, 0.3) is 0 Å². The monoisotopic (exact) mass is 272 g/mol. The van der Waals surface area contributed by atoms with Crippen LogP contribution in [0.5, 0.6) is 0 Å². The molecule has 0 aliphatic carbocycles. The van der Waals surface area contributed by atoms with Gasteiger partial charge in [-0.2, -0.15) is 0 Å². The maximum atomic E-state index is 12.0. The van der Waals surface area contributed by atoms with Crippen molar-refractivity contribution in [1.29, 1.82) is 0 Å². The van der Waals surface area contributed by atoms with Crippen molar-refractivity contribution < 1.29 is 8.42 Å². The summed E-state index contributed by atoms with van der Waals surface area (Å²) in [5, 5.41) is 0. The molecule has 6 heteroatoms. The van der Waals surface area contributed by atoms with E-state index in [1.165, 1.54) is 18.3 Å². The van der Waals surface area contributed by atoms with Crippen LogP contribution in [0.3, 0.4) is 0 Å². The molecule has 18 heavy (non-hydrogen) atoms. The van der Waals surface area contributed by atoms with Crippen LogP contribution in [-0.2, 0) is 10.0 Å². The molecule has 2 N–H and O–H groups in total. The molecule has 5 nitrogen and oxygen atoms in total. The number of hydrogen-bond donors (Lipinski definition) is 2. The molecular weight excluding hydrogens is 252 g/mol. The van der Waals surface area contributed by atoms with E-state index in [4.69, 9.17) is 0 Å². The molecule has 0 aliphatic heterocycles. The molecule has 0 radical (unpaired) electrons. The Bertz CT molecular complexity index is 538. The minimum Gasteiger partial charge on any atom is -0.328 e. The number of H-pyrrole nitrogens is 1. The van der Waals surface area contributed by atoms with Crippen molar-refractivity contribution in [3.8, 4) is 0 Å². The first kappa shape index (κ1) is 14.9. The third kappa shape index (κ3) is 3.68. The summed E-state index contributed by atoms with van der Waals surface area (Å²) < 4.78 is 26.5. The molecule has 0 saturated heterocycles. The lowest BCUT2D eigenvalue weighted by atomic mass is 9.81. The van der Waals surface area contributed by atoms with Crippen LogP contribution in [0, 0.1) is 11.3 Å². The van der Waals surface area contributed by atoms with Gasteiger partial charge in [-0.1, -0.05) is 27.7 Å². The summed E-state index contributed by atoms with van der Waals surface area (Å²) in [6.07, 6.45) is 1.20. The molecule has 1 aromatic rings. The molecule has 0 aliphatic rings. The number of hydrogen-bond acceptors (Lipinski definition) is 3. The molecule has 0 spiro atoms. The average molecular weight is 272 g/mol. The Morgan fingerprint density at radius 3 is 2.39 bits per heavy atom. The van der Waals surface area contributed by atoms with Gasteiger partial charge in [-0.3, -0.25) is 4.79 Å². The molecule has 0 amide bonds. The van der Waals surface area contributed by atoms with E-state index in [0.29, 0.717) is 12.5 Å². The van der Waals surface area contributed by atoms with E-state index >= 15 is 0 Å². The molecule has 0 atom stereocenters. The highest BCUT2D eigenvalue weighted by atomic mass is 32.2.